The molecule has 0 saturated heterocycles. The van der Waals surface area contributed by atoms with Gasteiger partial charge < -0.3 is 9.47 Å². The van der Waals surface area contributed by atoms with Crippen LogP contribution in [0.15, 0.2) is 46.0 Å². The van der Waals surface area contributed by atoms with Crippen molar-refractivity contribution in [2.24, 2.45) is 0 Å². The Balaban J connectivity index is 2.44. The molecule has 0 bridgehead atoms. The Morgan fingerprint density at radius 2 is 1.92 bits per heavy atom. The fourth-order valence-corrected chi connectivity index (χ4v) is 4.14. The van der Waals surface area contributed by atoms with E-state index in [9.17, 15) is 8.42 Å². The van der Waals surface area contributed by atoms with Crippen LogP contribution in [0.2, 0.25) is 5.02 Å². The van der Waals surface area contributed by atoms with Gasteiger partial charge in [-0.1, -0.05) is 11.6 Å². The highest BCUT2D eigenvalue weighted by Crippen LogP contribution is 2.32. The maximum atomic E-state index is 13.0. The van der Waals surface area contributed by atoms with Gasteiger partial charge >= 0.3 is 0 Å². The number of aromatic nitrogens is 1. The molecule has 0 unspecified atom stereocenters. The van der Waals surface area contributed by atoms with Crippen molar-refractivity contribution in [2.75, 3.05) is 18.1 Å². The fraction of sp³-hybridized carbons (Fsp3) is 0.312. The fourth-order valence-electron chi connectivity index (χ4n) is 2.06. The minimum atomic E-state index is -3.88. The van der Waals surface area contributed by atoms with Crippen LogP contribution in [0, 0.1) is 0 Å². The van der Waals surface area contributed by atoms with Crippen LogP contribution in [0.25, 0.3) is 0 Å². The first-order valence-corrected chi connectivity index (χ1v) is 9.96. The lowest BCUT2D eigenvalue weighted by molar-refractivity contribution is 0.209. The van der Waals surface area contributed by atoms with E-state index in [0.717, 1.165) is 4.31 Å². The minimum Gasteiger partial charge on any atom is -0.491 e. The standard InChI is InChI=1S/C16H18BrClN2O4S/c1-11(2)24-13-4-6-14(7-5-13)25(21,22)20(10-23-3)15-8-12(18)9-19-16(15)17/h4-9,11H,10H2,1-3H3. The van der Waals surface area contributed by atoms with Gasteiger partial charge in [0.15, 0.2) is 0 Å². The van der Waals surface area contributed by atoms with Gasteiger partial charge in [0.2, 0.25) is 0 Å². The first-order chi connectivity index (χ1) is 11.8. The van der Waals surface area contributed by atoms with Crippen molar-refractivity contribution in [1.82, 2.24) is 4.98 Å². The minimum absolute atomic E-state index is 0.000868. The van der Waals surface area contributed by atoms with Crippen LogP contribution >= 0.6 is 27.5 Å². The SMILES string of the molecule is COCN(c1cc(Cl)cnc1Br)S(=O)(=O)c1ccc(OC(C)C)cc1. The van der Waals surface area contributed by atoms with Crippen molar-refractivity contribution >= 4 is 43.2 Å². The number of halogens is 2. The van der Waals surface area contributed by atoms with Gasteiger partial charge in [0.25, 0.3) is 10.0 Å². The van der Waals surface area contributed by atoms with Gasteiger partial charge in [0.1, 0.15) is 17.1 Å². The van der Waals surface area contributed by atoms with Crippen LogP contribution < -0.4 is 9.04 Å². The van der Waals surface area contributed by atoms with Gasteiger partial charge in [-0.2, -0.15) is 0 Å². The number of nitrogens with zero attached hydrogens (tertiary/aromatic N) is 2. The molecule has 0 fully saturated rings. The zero-order chi connectivity index (χ0) is 18.6. The Morgan fingerprint density at radius 3 is 2.48 bits per heavy atom. The van der Waals surface area contributed by atoms with Gasteiger partial charge in [-0.15, -0.1) is 0 Å². The number of hydrogen-bond acceptors (Lipinski definition) is 5. The first kappa shape index (κ1) is 20.0. The van der Waals surface area contributed by atoms with Crippen molar-refractivity contribution in [3.63, 3.8) is 0 Å². The molecule has 0 saturated carbocycles. The molecule has 0 aliphatic rings. The Morgan fingerprint density at radius 1 is 1.28 bits per heavy atom. The van der Waals surface area contributed by atoms with Gasteiger partial charge in [-0.05, 0) is 60.1 Å². The van der Waals surface area contributed by atoms with Gasteiger partial charge in [0.05, 0.1) is 21.7 Å². The molecule has 6 nitrogen and oxygen atoms in total. The summed E-state index contributed by atoms with van der Waals surface area (Å²) in [5.74, 6) is 0.595. The molecular weight excluding hydrogens is 432 g/mol. The predicted molar refractivity (Wildman–Crippen MR) is 101 cm³/mol. The van der Waals surface area contributed by atoms with E-state index in [1.54, 1.807) is 12.1 Å². The average Bonchev–Trinajstić information content (AvgIpc) is 2.55. The lowest BCUT2D eigenvalue weighted by Crippen LogP contribution is -2.33. The monoisotopic (exact) mass is 448 g/mol. The molecule has 0 aliphatic heterocycles. The number of hydrogen-bond donors (Lipinski definition) is 0. The summed E-state index contributed by atoms with van der Waals surface area (Å²) < 4.78 is 38.1. The van der Waals surface area contributed by atoms with E-state index in [2.05, 4.69) is 20.9 Å². The highest BCUT2D eigenvalue weighted by molar-refractivity contribution is 9.10. The second-order valence-electron chi connectivity index (χ2n) is 5.37. The third-order valence-electron chi connectivity index (χ3n) is 3.09. The van der Waals surface area contributed by atoms with Gasteiger partial charge in [-0.3, -0.25) is 0 Å². The Bertz CT molecular complexity index is 829. The lowest BCUT2D eigenvalue weighted by Gasteiger charge is -2.24. The van der Waals surface area contributed by atoms with E-state index in [0.29, 0.717) is 15.4 Å². The van der Waals surface area contributed by atoms with Gasteiger partial charge in [-0.25, -0.2) is 17.7 Å². The number of rotatable bonds is 7. The summed E-state index contributed by atoms with van der Waals surface area (Å²) in [5, 5.41) is 0.315. The van der Waals surface area contributed by atoms with E-state index >= 15 is 0 Å². The smallest absolute Gasteiger partial charge is 0.266 e. The molecule has 0 atom stereocenters. The van der Waals surface area contributed by atoms with E-state index < -0.39 is 10.0 Å². The number of sulfonamides is 1. The molecule has 0 spiro atoms. The van der Waals surface area contributed by atoms with E-state index in [4.69, 9.17) is 21.1 Å². The van der Waals surface area contributed by atoms with Crippen molar-refractivity contribution < 1.29 is 17.9 Å². The highest BCUT2D eigenvalue weighted by atomic mass is 79.9. The number of benzene rings is 1. The summed E-state index contributed by atoms with van der Waals surface area (Å²) in [6, 6.07) is 7.71. The zero-order valence-electron chi connectivity index (χ0n) is 13.9. The molecule has 1 heterocycles. The van der Waals surface area contributed by atoms with Crippen LogP contribution in [0.4, 0.5) is 5.69 Å². The van der Waals surface area contributed by atoms with E-state index in [1.165, 1.54) is 31.5 Å². The molecule has 25 heavy (non-hydrogen) atoms. The summed E-state index contributed by atoms with van der Waals surface area (Å²) in [4.78, 5) is 4.14. The number of anilines is 1. The Hall–Kier alpha value is -1.35. The van der Waals surface area contributed by atoms with Crippen molar-refractivity contribution in [3.8, 4) is 5.75 Å². The van der Waals surface area contributed by atoms with Crippen LogP contribution in [-0.2, 0) is 14.8 Å². The van der Waals surface area contributed by atoms with Crippen molar-refractivity contribution in [3.05, 3.63) is 46.2 Å². The second kappa shape index (κ2) is 8.35. The van der Waals surface area contributed by atoms with Gasteiger partial charge in [0, 0.05) is 13.3 Å². The van der Waals surface area contributed by atoms with Crippen LogP contribution in [-0.4, -0.2) is 33.3 Å². The van der Waals surface area contributed by atoms with Crippen LogP contribution in [0.1, 0.15) is 13.8 Å². The molecule has 2 aromatic rings. The Labute approximate surface area is 160 Å². The first-order valence-electron chi connectivity index (χ1n) is 7.35. The predicted octanol–water partition coefficient (Wildman–Crippen LogP) is 4.08. The lowest BCUT2D eigenvalue weighted by atomic mass is 10.3. The molecule has 0 aliphatic carbocycles. The normalized spacial score (nSPS) is 11.6. The molecule has 1 aromatic carbocycles. The number of methoxy groups -OCH3 is 1. The summed E-state index contributed by atoms with van der Waals surface area (Å²) in [6.45, 7) is 3.61. The van der Waals surface area contributed by atoms with Crippen LogP contribution in [0.3, 0.4) is 0 Å². The molecule has 2 rings (SSSR count). The van der Waals surface area contributed by atoms with E-state index in [1.807, 2.05) is 13.8 Å². The highest BCUT2D eigenvalue weighted by Gasteiger charge is 2.27. The summed E-state index contributed by atoms with van der Waals surface area (Å²) in [6.07, 6.45) is 1.42. The summed E-state index contributed by atoms with van der Waals surface area (Å²) in [7, 11) is -2.47. The number of ether oxygens (including phenoxy) is 2. The van der Waals surface area contributed by atoms with Crippen LogP contribution in [0.5, 0.6) is 5.75 Å². The number of pyridine rings is 1. The van der Waals surface area contributed by atoms with E-state index in [-0.39, 0.29) is 23.4 Å². The molecular formula is C16H18BrClN2O4S. The Kier molecular flexibility index (Phi) is 6.67. The van der Waals surface area contributed by atoms with Crippen molar-refractivity contribution in [1.29, 1.82) is 0 Å². The van der Waals surface area contributed by atoms with Crippen molar-refractivity contribution in [2.45, 2.75) is 24.8 Å². The maximum Gasteiger partial charge on any atom is 0.266 e. The largest absolute Gasteiger partial charge is 0.491 e. The molecule has 0 amide bonds. The molecule has 9 heteroatoms. The topological polar surface area (TPSA) is 68.7 Å². The zero-order valence-corrected chi connectivity index (χ0v) is 17.1. The second-order valence-corrected chi connectivity index (χ2v) is 8.42. The quantitative estimate of drug-likeness (QED) is 0.470. The molecule has 0 N–H and O–H groups in total. The third-order valence-corrected chi connectivity index (χ3v) is 5.65. The maximum absolute atomic E-state index is 13.0. The molecule has 0 radical (unpaired) electrons. The average molecular weight is 450 g/mol. The summed E-state index contributed by atoms with van der Waals surface area (Å²) in [5.41, 5.74) is 0.289. The third kappa shape index (κ3) is 4.84. The molecule has 1 aromatic heterocycles. The molecule has 136 valence electrons. The summed E-state index contributed by atoms with van der Waals surface area (Å²) >= 11 is 9.22.